The van der Waals surface area contributed by atoms with Crippen LogP contribution in [-0.4, -0.2) is 69.9 Å². The second-order valence-corrected chi connectivity index (χ2v) is 10.4. The first-order valence-corrected chi connectivity index (χ1v) is 13.2. The van der Waals surface area contributed by atoms with Crippen LogP contribution in [0.15, 0.2) is 54.0 Å². The zero-order valence-corrected chi connectivity index (χ0v) is 20.8. The number of ether oxygens (including phenoxy) is 1. The predicted octanol–water partition coefficient (Wildman–Crippen LogP) is 1.84. The van der Waals surface area contributed by atoms with Crippen LogP contribution in [0.3, 0.4) is 0 Å². The van der Waals surface area contributed by atoms with E-state index >= 15 is 0 Å². The van der Waals surface area contributed by atoms with Gasteiger partial charge in [-0.05, 0) is 38.0 Å². The highest BCUT2D eigenvalue weighted by molar-refractivity contribution is 7.89. The van der Waals surface area contributed by atoms with E-state index in [1.807, 2.05) is 6.92 Å². The first kappa shape index (κ1) is 24.8. The number of fused-ring (bicyclic) bond motifs is 1. The first-order valence-electron chi connectivity index (χ1n) is 11.8. The Labute approximate surface area is 213 Å². The van der Waals surface area contributed by atoms with Gasteiger partial charge in [-0.25, -0.2) is 28.2 Å². The van der Waals surface area contributed by atoms with Crippen LogP contribution in [0.5, 0.6) is 0 Å². The first-order chi connectivity index (χ1) is 17.9. The molecule has 3 amide bonds. The molecule has 0 spiro atoms. The molecule has 0 radical (unpaired) electrons. The van der Waals surface area contributed by atoms with E-state index in [1.54, 1.807) is 28.9 Å². The minimum absolute atomic E-state index is 0.0830. The molecule has 3 aromatic rings. The number of nitrogens with zero attached hydrogens (tertiary/aromatic N) is 5. The molecule has 1 fully saturated rings. The molecule has 0 aliphatic carbocycles. The van der Waals surface area contributed by atoms with Gasteiger partial charge in [0.25, 0.3) is 0 Å². The number of amides is 3. The van der Waals surface area contributed by atoms with Gasteiger partial charge in [-0.1, -0.05) is 18.2 Å². The van der Waals surface area contributed by atoms with E-state index in [-0.39, 0.29) is 16.6 Å². The summed E-state index contributed by atoms with van der Waals surface area (Å²) in [7, 11) is -3.67. The lowest BCUT2D eigenvalue weighted by Gasteiger charge is -2.16. The number of rotatable bonds is 7. The van der Waals surface area contributed by atoms with Crippen molar-refractivity contribution >= 4 is 44.6 Å². The van der Waals surface area contributed by atoms with Crippen molar-refractivity contribution in [3.8, 4) is 0 Å². The molecule has 2 aliphatic rings. The van der Waals surface area contributed by atoms with E-state index in [0.29, 0.717) is 49.3 Å². The number of urea groups is 1. The SMILES string of the molecule is CCNC(=O)[C@@H]1CC[C@H](n2cnc3c(NC(=O)Nc4cccc(S(=O)(=O)N5CC=CC5)c4)ncnc32)O1. The van der Waals surface area contributed by atoms with Gasteiger partial charge >= 0.3 is 6.03 Å². The Morgan fingerprint density at radius 1 is 1.11 bits per heavy atom. The number of benzene rings is 1. The summed E-state index contributed by atoms with van der Waals surface area (Å²) in [6, 6.07) is 5.42. The number of hydrogen-bond acceptors (Lipinski definition) is 8. The van der Waals surface area contributed by atoms with Crippen molar-refractivity contribution in [2.45, 2.75) is 37.0 Å². The summed E-state index contributed by atoms with van der Waals surface area (Å²) in [5.41, 5.74) is 1.09. The minimum Gasteiger partial charge on any atom is -0.354 e. The molecule has 194 valence electrons. The van der Waals surface area contributed by atoms with Gasteiger partial charge in [-0.3, -0.25) is 14.7 Å². The van der Waals surface area contributed by atoms with E-state index in [9.17, 15) is 18.0 Å². The van der Waals surface area contributed by atoms with Crippen LogP contribution >= 0.6 is 0 Å². The predicted molar refractivity (Wildman–Crippen MR) is 134 cm³/mol. The summed E-state index contributed by atoms with van der Waals surface area (Å²) in [5.74, 6) is 0.0171. The highest BCUT2D eigenvalue weighted by Crippen LogP contribution is 2.31. The molecule has 5 rings (SSSR count). The van der Waals surface area contributed by atoms with Crippen molar-refractivity contribution in [1.82, 2.24) is 29.1 Å². The lowest BCUT2D eigenvalue weighted by Crippen LogP contribution is -2.34. The maximum Gasteiger partial charge on any atom is 0.324 e. The standard InChI is InChI=1S/C23H26N8O5S/c1-2-24-22(32)17-8-9-18(36-17)31-14-27-19-20(25-13-26-21(19)31)29-23(33)28-15-6-5-7-16(12-15)37(34,35)30-10-3-4-11-30/h3-7,12-14,17-18H,2,8-11H2,1H3,(H,24,32)(H2,25,26,28,29,33)/t17-,18+/m0/s1. The molecule has 0 unspecified atom stereocenters. The fraction of sp³-hybridized carbons (Fsp3) is 0.348. The van der Waals surface area contributed by atoms with Crippen molar-refractivity contribution in [3.05, 3.63) is 49.1 Å². The van der Waals surface area contributed by atoms with Gasteiger partial charge in [0.1, 0.15) is 18.7 Å². The molecule has 37 heavy (non-hydrogen) atoms. The molecule has 2 aliphatic heterocycles. The van der Waals surface area contributed by atoms with E-state index in [2.05, 4.69) is 30.9 Å². The third kappa shape index (κ3) is 5.03. The Morgan fingerprint density at radius 2 is 1.92 bits per heavy atom. The van der Waals surface area contributed by atoms with E-state index < -0.39 is 28.4 Å². The second-order valence-electron chi connectivity index (χ2n) is 8.50. The smallest absolute Gasteiger partial charge is 0.324 e. The van der Waals surface area contributed by atoms with Gasteiger partial charge in [0, 0.05) is 25.3 Å². The molecule has 2 atom stereocenters. The molecule has 1 aromatic carbocycles. The number of likely N-dealkylation sites (N-methyl/N-ethyl adjacent to an activating group) is 1. The molecular formula is C23H26N8O5S. The topological polar surface area (TPSA) is 160 Å². The molecule has 4 heterocycles. The van der Waals surface area contributed by atoms with Crippen LogP contribution in [0.4, 0.5) is 16.3 Å². The van der Waals surface area contributed by atoms with Crippen LogP contribution in [-0.2, 0) is 19.6 Å². The second kappa shape index (κ2) is 10.2. The molecule has 3 N–H and O–H groups in total. The normalized spacial score (nSPS) is 19.8. The summed E-state index contributed by atoms with van der Waals surface area (Å²) in [6.45, 7) is 3.00. The number of sulfonamides is 1. The molecule has 0 saturated carbocycles. The lowest BCUT2D eigenvalue weighted by atomic mass is 10.2. The Kier molecular flexibility index (Phi) is 6.86. The lowest BCUT2D eigenvalue weighted by molar-refractivity contribution is -0.133. The van der Waals surface area contributed by atoms with Crippen molar-refractivity contribution < 1.29 is 22.7 Å². The summed E-state index contributed by atoms with van der Waals surface area (Å²) < 4.78 is 34.6. The van der Waals surface area contributed by atoms with E-state index in [0.717, 1.165) is 0 Å². The fourth-order valence-electron chi connectivity index (χ4n) is 4.27. The zero-order valence-electron chi connectivity index (χ0n) is 20.0. The van der Waals surface area contributed by atoms with Crippen molar-refractivity contribution in [2.75, 3.05) is 30.3 Å². The summed E-state index contributed by atoms with van der Waals surface area (Å²) in [5, 5.41) is 8.04. The van der Waals surface area contributed by atoms with Gasteiger partial charge in [-0.15, -0.1) is 0 Å². The van der Waals surface area contributed by atoms with E-state index in [1.165, 1.54) is 29.1 Å². The van der Waals surface area contributed by atoms with Gasteiger partial charge in [0.2, 0.25) is 15.9 Å². The third-order valence-electron chi connectivity index (χ3n) is 6.06. The highest BCUT2D eigenvalue weighted by Gasteiger charge is 2.32. The third-order valence-corrected chi connectivity index (χ3v) is 7.88. The van der Waals surface area contributed by atoms with Gasteiger partial charge in [0.05, 0.1) is 11.2 Å². The minimum atomic E-state index is -3.67. The number of carbonyl (C=O) groups is 2. The number of aromatic nitrogens is 4. The largest absolute Gasteiger partial charge is 0.354 e. The molecule has 14 heteroatoms. The van der Waals surface area contributed by atoms with Gasteiger partial charge < -0.3 is 15.4 Å². The summed E-state index contributed by atoms with van der Waals surface area (Å²) in [6.07, 6.45) is 6.61. The number of nitrogens with one attached hydrogen (secondary N) is 3. The van der Waals surface area contributed by atoms with Crippen LogP contribution in [0.25, 0.3) is 11.2 Å². The number of carbonyl (C=O) groups excluding carboxylic acids is 2. The Bertz CT molecular complexity index is 1460. The molecular weight excluding hydrogens is 500 g/mol. The number of anilines is 2. The fourth-order valence-corrected chi connectivity index (χ4v) is 5.66. The Balaban J connectivity index is 1.29. The quantitative estimate of drug-likeness (QED) is 0.393. The molecule has 1 saturated heterocycles. The maximum atomic E-state index is 12.8. The maximum absolute atomic E-state index is 12.8. The van der Waals surface area contributed by atoms with Gasteiger partial charge in [0.15, 0.2) is 17.0 Å². The Hall–Kier alpha value is -3.88. The average molecular weight is 527 g/mol. The van der Waals surface area contributed by atoms with Gasteiger partial charge in [-0.2, -0.15) is 4.31 Å². The Morgan fingerprint density at radius 3 is 2.70 bits per heavy atom. The van der Waals surface area contributed by atoms with Crippen molar-refractivity contribution in [1.29, 1.82) is 0 Å². The van der Waals surface area contributed by atoms with Crippen LogP contribution in [0.2, 0.25) is 0 Å². The van der Waals surface area contributed by atoms with Crippen LogP contribution in [0.1, 0.15) is 26.0 Å². The van der Waals surface area contributed by atoms with Crippen LogP contribution in [0, 0.1) is 0 Å². The number of imidazole rings is 1. The number of hydrogen-bond donors (Lipinski definition) is 3. The monoisotopic (exact) mass is 526 g/mol. The molecule has 0 bridgehead atoms. The highest BCUT2D eigenvalue weighted by atomic mass is 32.2. The zero-order chi connectivity index (χ0) is 26.0. The van der Waals surface area contributed by atoms with Crippen molar-refractivity contribution in [2.24, 2.45) is 0 Å². The van der Waals surface area contributed by atoms with Crippen LogP contribution < -0.4 is 16.0 Å². The molecule has 2 aromatic heterocycles. The summed E-state index contributed by atoms with van der Waals surface area (Å²) >= 11 is 0. The summed E-state index contributed by atoms with van der Waals surface area (Å²) in [4.78, 5) is 37.7. The van der Waals surface area contributed by atoms with Crippen molar-refractivity contribution in [3.63, 3.8) is 0 Å². The van der Waals surface area contributed by atoms with E-state index in [4.69, 9.17) is 4.74 Å². The molecule has 13 nitrogen and oxygen atoms in total. The average Bonchev–Trinajstić information content (AvgIpc) is 3.65.